The van der Waals surface area contributed by atoms with Crippen molar-refractivity contribution >= 4 is 48.9 Å². The molecule has 41 heavy (non-hydrogen) atoms. The molecule has 3 atom stereocenters. The molecule has 0 N–H and O–H groups in total. The molecule has 0 radical (unpaired) electrons. The molecule has 0 aromatic heterocycles. The normalized spacial score (nSPS) is 22.0. The van der Waals surface area contributed by atoms with E-state index in [4.69, 9.17) is 5.10 Å². The van der Waals surface area contributed by atoms with Crippen LogP contribution in [-0.4, -0.2) is 20.0 Å². The molecular weight excluding hydrogens is 598 g/mol. The third kappa shape index (κ3) is 4.08. The monoisotopic (exact) mass is 625 g/mol. The molecule has 0 saturated heterocycles. The van der Waals surface area contributed by atoms with Gasteiger partial charge in [-0.2, -0.15) is 10.1 Å². The number of sulfonamides is 1. The van der Waals surface area contributed by atoms with Gasteiger partial charge in [-0.05, 0) is 67.4 Å². The molecule has 2 aliphatic rings. The summed E-state index contributed by atoms with van der Waals surface area (Å²) in [6.07, 6.45) is 1.76. The molecular formula is C33H28BrN3O3S. The molecule has 2 heterocycles. The SMILES string of the molecule is C=C[C@H]1c2ccccc2N(S(=O)(=O)c2ccc(C)cc2)[C@@H](c2cccc(Br)c2)[C@]12C(=O)N(c1ccccc1)N=C2C. The molecule has 4 aromatic rings. The van der Waals surface area contributed by atoms with Crippen LogP contribution < -0.4 is 9.31 Å². The van der Waals surface area contributed by atoms with Crippen LogP contribution in [0.25, 0.3) is 0 Å². The Kier molecular flexibility index (Phi) is 6.71. The Bertz CT molecular complexity index is 1810. The van der Waals surface area contributed by atoms with E-state index in [0.717, 1.165) is 10.0 Å². The summed E-state index contributed by atoms with van der Waals surface area (Å²) >= 11 is 3.58. The van der Waals surface area contributed by atoms with E-state index < -0.39 is 27.4 Å². The van der Waals surface area contributed by atoms with E-state index in [-0.39, 0.29) is 10.8 Å². The number of rotatable bonds is 5. The number of aryl methyl sites for hydroxylation is 1. The van der Waals surface area contributed by atoms with Crippen molar-refractivity contribution in [2.75, 3.05) is 9.31 Å². The summed E-state index contributed by atoms with van der Waals surface area (Å²) in [6, 6.07) is 29.9. The van der Waals surface area contributed by atoms with E-state index in [0.29, 0.717) is 28.2 Å². The molecule has 1 amide bonds. The lowest BCUT2D eigenvalue weighted by Gasteiger charge is -2.51. The molecule has 1 spiro atoms. The first kappa shape index (κ1) is 27.2. The Balaban J connectivity index is 1.71. The molecule has 0 saturated carbocycles. The first-order valence-electron chi connectivity index (χ1n) is 13.2. The fourth-order valence-corrected chi connectivity index (χ4v) is 8.31. The van der Waals surface area contributed by atoms with Gasteiger partial charge in [-0.3, -0.25) is 9.10 Å². The van der Waals surface area contributed by atoms with Gasteiger partial charge in [0.15, 0.2) is 0 Å². The quantitative estimate of drug-likeness (QED) is 0.217. The Hall–Kier alpha value is -4.01. The summed E-state index contributed by atoms with van der Waals surface area (Å²) in [5, 5.41) is 6.21. The minimum Gasteiger partial charge on any atom is -0.271 e. The first-order valence-corrected chi connectivity index (χ1v) is 15.5. The Morgan fingerprint density at radius 2 is 1.59 bits per heavy atom. The lowest BCUT2D eigenvalue weighted by molar-refractivity contribution is -0.125. The van der Waals surface area contributed by atoms with Gasteiger partial charge in [-0.1, -0.05) is 88.2 Å². The standard InChI is InChI=1S/C33H28BrN3O3S/c1-4-29-28-15-8-9-16-30(28)37(41(39,40)27-19-17-22(2)18-20-27)31(24-11-10-12-25(34)21-24)33(29)23(3)35-36(32(33)38)26-13-6-5-7-14-26/h4-21,29,31H,1H2,2-3H3/t29-,31-,33+/m0/s1. The maximum atomic E-state index is 14.9. The molecule has 206 valence electrons. The van der Waals surface area contributed by atoms with Crippen LogP contribution in [0.2, 0.25) is 0 Å². The zero-order valence-corrected chi connectivity index (χ0v) is 25.0. The van der Waals surface area contributed by atoms with Crippen molar-refractivity contribution in [1.29, 1.82) is 0 Å². The van der Waals surface area contributed by atoms with Crippen molar-refractivity contribution < 1.29 is 13.2 Å². The van der Waals surface area contributed by atoms with Crippen molar-refractivity contribution in [2.45, 2.75) is 30.7 Å². The van der Waals surface area contributed by atoms with E-state index in [1.165, 1.54) is 9.31 Å². The van der Waals surface area contributed by atoms with Gasteiger partial charge in [0.1, 0.15) is 5.41 Å². The fraction of sp³-hybridized carbons (Fsp3) is 0.152. The van der Waals surface area contributed by atoms with Crippen molar-refractivity contribution in [3.63, 3.8) is 0 Å². The van der Waals surface area contributed by atoms with Crippen LogP contribution in [0.1, 0.15) is 35.6 Å². The van der Waals surface area contributed by atoms with Gasteiger partial charge >= 0.3 is 0 Å². The summed E-state index contributed by atoms with van der Waals surface area (Å²) in [5.41, 5.74) is 2.52. The topological polar surface area (TPSA) is 70.1 Å². The Morgan fingerprint density at radius 3 is 2.27 bits per heavy atom. The predicted octanol–water partition coefficient (Wildman–Crippen LogP) is 7.39. The molecule has 4 aromatic carbocycles. The molecule has 6 nitrogen and oxygen atoms in total. The summed E-state index contributed by atoms with van der Waals surface area (Å²) in [4.78, 5) is 15.1. The lowest BCUT2D eigenvalue weighted by Crippen LogP contribution is -2.57. The van der Waals surface area contributed by atoms with Crippen molar-refractivity contribution in [3.05, 3.63) is 137 Å². The highest BCUT2D eigenvalue weighted by Crippen LogP contribution is 2.61. The average molecular weight is 627 g/mol. The van der Waals surface area contributed by atoms with Gasteiger partial charge in [0, 0.05) is 10.4 Å². The van der Waals surface area contributed by atoms with Crippen LogP contribution in [0, 0.1) is 12.3 Å². The summed E-state index contributed by atoms with van der Waals surface area (Å²) < 4.78 is 31.7. The number of amides is 1. The number of carbonyl (C=O) groups is 1. The second kappa shape index (κ2) is 10.1. The third-order valence-corrected chi connectivity index (χ3v) is 10.3. The van der Waals surface area contributed by atoms with E-state index >= 15 is 0 Å². The van der Waals surface area contributed by atoms with E-state index in [1.807, 2.05) is 86.6 Å². The lowest BCUT2D eigenvalue weighted by atomic mass is 9.60. The number of halogens is 1. The van der Waals surface area contributed by atoms with Gasteiger partial charge in [0.2, 0.25) is 0 Å². The fourth-order valence-electron chi connectivity index (χ4n) is 6.20. The predicted molar refractivity (Wildman–Crippen MR) is 167 cm³/mol. The minimum atomic E-state index is -4.17. The summed E-state index contributed by atoms with van der Waals surface area (Å²) in [5.74, 6) is -0.869. The Morgan fingerprint density at radius 1 is 0.902 bits per heavy atom. The first-order chi connectivity index (χ1) is 19.7. The number of allylic oxidation sites excluding steroid dienone is 1. The number of hydrogen-bond donors (Lipinski definition) is 0. The van der Waals surface area contributed by atoms with E-state index in [2.05, 4.69) is 22.5 Å². The summed E-state index contributed by atoms with van der Waals surface area (Å²) in [6.45, 7) is 7.89. The highest BCUT2D eigenvalue weighted by molar-refractivity contribution is 9.10. The highest BCUT2D eigenvalue weighted by Gasteiger charge is 2.65. The van der Waals surface area contributed by atoms with Crippen molar-refractivity contribution in [3.8, 4) is 0 Å². The molecule has 8 heteroatoms. The number of fused-ring (bicyclic) bond motifs is 1. The maximum Gasteiger partial charge on any atom is 0.264 e. The number of hydrogen-bond acceptors (Lipinski definition) is 4. The minimum absolute atomic E-state index is 0.144. The van der Waals surface area contributed by atoms with Crippen LogP contribution in [0.4, 0.5) is 11.4 Å². The largest absolute Gasteiger partial charge is 0.271 e. The molecule has 0 bridgehead atoms. The second-order valence-electron chi connectivity index (χ2n) is 10.4. The number of nitrogens with zero attached hydrogens (tertiary/aromatic N) is 3. The van der Waals surface area contributed by atoms with Crippen LogP contribution in [0.3, 0.4) is 0 Å². The number of carbonyl (C=O) groups excluding carboxylic acids is 1. The second-order valence-corrected chi connectivity index (χ2v) is 13.1. The number of para-hydroxylation sites is 2. The van der Waals surface area contributed by atoms with Gasteiger partial charge < -0.3 is 0 Å². The van der Waals surface area contributed by atoms with E-state index in [1.54, 1.807) is 36.4 Å². The molecule has 6 rings (SSSR count). The zero-order valence-electron chi connectivity index (χ0n) is 22.6. The number of hydrazone groups is 1. The number of benzene rings is 4. The molecule has 0 unspecified atom stereocenters. The third-order valence-electron chi connectivity index (χ3n) is 8.04. The average Bonchev–Trinajstić information content (AvgIpc) is 3.23. The van der Waals surface area contributed by atoms with Crippen LogP contribution in [0.15, 0.2) is 130 Å². The van der Waals surface area contributed by atoms with Gasteiger partial charge in [-0.25, -0.2) is 8.42 Å². The van der Waals surface area contributed by atoms with Gasteiger partial charge in [0.05, 0.1) is 28.0 Å². The van der Waals surface area contributed by atoms with Gasteiger partial charge in [-0.15, -0.1) is 6.58 Å². The van der Waals surface area contributed by atoms with Crippen LogP contribution in [-0.2, 0) is 14.8 Å². The van der Waals surface area contributed by atoms with Gasteiger partial charge in [0.25, 0.3) is 15.9 Å². The number of anilines is 2. The Labute approximate surface area is 248 Å². The molecule has 2 aliphatic heterocycles. The summed E-state index contributed by atoms with van der Waals surface area (Å²) in [7, 11) is -4.17. The van der Waals surface area contributed by atoms with Crippen LogP contribution >= 0.6 is 15.9 Å². The highest BCUT2D eigenvalue weighted by atomic mass is 79.9. The molecule has 0 aliphatic carbocycles. The van der Waals surface area contributed by atoms with Crippen molar-refractivity contribution in [1.82, 2.24) is 0 Å². The van der Waals surface area contributed by atoms with Crippen molar-refractivity contribution in [2.24, 2.45) is 10.5 Å². The van der Waals surface area contributed by atoms with E-state index in [9.17, 15) is 13.2 Å². The smallest absolute Gasteiger partial charge is 0.264 e. The van der Waals surface area contributed by atoms with Crippen LogP contribution in [0.5, 0.6) is 0 Å². The zero-order chi connectivity index (χ0) is 28.9. The molecule has 0 fully saturated rings. The maximum absolute atomic E-state index is 14.9.